The maximum absolute atomic E-state index is 15.1. The molecule has 12 heteroatoms. The normalized spacial score (nSPS) is 13.6. The lowest BCUT2D eigenvalue weighted by Crippen LogP contribution is -2.38. The molecule has 0 aliphatic rings. The minimum atomic E-state index is -0.533. The molecule has 0 spiro atoms. The van der Waals surface area contributed by atoms with Crippen LogP contribution in [-0.2, 0) is 6.42 Å². The molecule has 3 atom stereocenters. The Morgan fingerprint density at radius 1 is 1.19 bits per heavy atom. The van der Waals surface area contributed by atoms with Gasteiger partial charge in [-0.25, -0.2) is 9.18 Å². The van der Waals surface area contributed by atoms with Crippen LogP contribution in [0.1, 0.15) is 56.7 Å². The number of hydrogen-bond donors (Lipinski definition) is 7. The first kappa shape index (κ1) is 32.2. The van der Waals surface area contributed by atoms with Gasteiger partial charge in [0.15, 0.2) is 11.8 Å². The van der Waals surface area contributed by atoms with Crippen molar-refractivity contribution in [3.63, 3.8) is 0 Å². The molecular formula is C31H40ClFN8O2. The Balaban J connectivity index is 1.54. The molecule has 0 aliphatic heterocycles. The lowest BCUT2D eigenvalue weighted by atomic mass is 10.0. The molecule has 10 nitrogen and oxygen atoms in total. The molecule has 0 amide bonds. The molecule has 0 saturated heterocycles. The minimum absolute atomic E-state index is 0.0244. The number of benzene rings is 2. The number of aromatic amines is 1. The molecule has 0 aliphatic carbocycles. The molecule has 4 rings (SSSR count). The second-order valence-corrected chi connectivity index (χ2v) is 11.4. The number of aliphatic hydroxyl groups excluding tert-OH is 1. The fourth-order valence-electron chi connectivity index (χ4n) is 5.16. The number of nitrogens with two attached hydrogens (primary N) is 2. The second kappa shape index (κ2) is 14.6. The van der Waals surface area contributed by atoms with Crippen molar-refractivity contribution in [3.8, 4) is 16.9 Å². The third kappa shape index (κ3) is 8.41. The molecule has 2 aromatic heterocycles. The van der Waals surface area contributed by atoms with Crippen molar-refractivity contribution in [2.24, 2.45) is 11.5 Å². The molecule has 43 heavy (non-hydrogen) atoms. The van der Waals surface area contributed by atoms with Crippen LogP contribution in [0.5, 0.6) is 0 Å². The summed E-state index contributed by atoms with van der Waals surface area (Å²) in [6.45, 7) is 4.55. The van der Waals surface area contributed by atoms with Crippen molar-refractivity contribution < 1.29 is 9.50 Å². The summed E-state index contributed by atoms with van der Waals surface area (Å²) >= 11 is 6.24. The monoisotopic (exact) mass is 610 g/mol. The molecule has 0 bridgehead atoms. The van der Waals surface area contributed by atoms with Gasteiger partial charge >= 0.3 is 5.69 Å². The van der Waals surface area contributed by atoms with Gasteiger partial charge in [0.25, 0.3) is 0 Å². The Bertz CT molecular complexity index is 1600. The Kier molecular flexibility index (Phi) is 10.9. The summed E-state index contributed by atoms with van der Waals surface area (Å²) in [5.41, 5.74) is 14.5. The van der Waals surface area contributed by atoms with E-state index in [1.165, 1.54) is 4.57 Å². The number of aryl methyl sites for hydroxylation is 1. The van der Waals surface area contributed by atoms with Crippen molar-refractivity contribution in [3.05, 3.63) is 81.1 Å². The van der Waals surface area contributed by atoms with E-state index < -0.39 is 11.5 Å². The van der Waals surface area contributed by atoms with E-state index in [-0.39, 0.29) is 35.7 Å². The third-order valence-electron chi connectivity index (χ3n) is 7.45. The van der Waals surface area contributed by atoms with E-state index in [9.17, 15) is 9.90 Å². The second-order valence-electron chi connectivity index (χ2n) is 11.0. The van der Waals surface area contributed by atoms with E-state index in [4.69, 9.17) is 28.5 Å². The third-order valence-corrected chi connectivity index (χ3v) is 7.73. The van der Waals surface area contributed by atoms with E-state index in [1.54, 1.807) is 24.4 Å². The van der Waals surface area contributed by atoms with E-state index in [0.29, 0.717) is 47.4 Å². The highest BCUT2D eigenvalue weighted by Gasteiger charge is 2.17. The highest BCUT2D eigenvalue weighted by atomic mass is 35.5. The van der Waals surface area contributed by atoms with Crippen molar-refractivity contribution >= 4 is 28.6 Å². The molecule has 0 radical (unpaired) electrons. The summed E-state index contributed by atoms with van der Waals surface area (Å²) in [6, 6.07) is 12.8. The zero-order chi connectivity index (χ0) is 31.1. The zero-order valence-corrected chi connectivity index (χ0v) is 25.2. The summed E-state index contributed by atoms with van der Waals surface area (Å²) in [4.78, 5) is 20.3. The van der Waals surface area contributed by atoms with Gasteiger partial charge < -0.3 is 32.2 Å². The number of aromatic nitrogens is 3. The van der Waals surface area contributed by atoms with Crippen LogP contribution in [0.15, 0.2) is 53.5 Å². The molecular weight excluding hydrogens is 571 g/mol. The number of halogens is 2. The summed E-state index contributed by atoms with van der Waals surface area (Å²) in [7, 11) is 0. The lowest BCUT2D eigenvalue weighted by molar-refractivity contribution is 0.255. The molecule has 0 fully saturated rings. The van der Waals surface area contributed by atoms with Gasteiger partial charge in [-0.3, -0.25) is 9.98 Å². The van der Waals surface area contributed by atoms with E-state index in [1.807, 2.05) is 38.1 Å². The van der Waals surface area contributed by atoms with Crippen molar-refractivity contribution in [1.82, 2.24) is 25.2 Å². The molecule has 2 aromatic carbocycles. The Morgan fingerprint density at radius 2 is 1.93 bits per heavy atom. The first-order valence-corrected chi connectivity index (χ1v) is 14.8. The van der Waals surface area contributed by atoms with Gasteiger partial charge in [-0.15, -0.1) is 0 Å². The van der Waals surface area contributed by atoms with Crippen LogP contribution >= 0.6 is 11.6 Å². The Hall–Kier alpha value is -3.77. The number of fused-ring (bicyclic) bond motifs is 1. The first-order chi connectivity index (χ1) is 20.5. The maximum Gasteiger partial charge on any atom is 0.354 e. The summed E-state index contributed by atoms with van der Waals surface area (Å²) in [6.07, 6.45) is 5.38. The standard InChI is InChI=1S/C31H40ClFN8O2/c1-18(34)4-3-5-20-14-25(28(33)26(32)15-20)27-16-22-17-41(31(43)40-29(22)39-27)24-8-6-21(7-9-24)19(2)38-23(11-13-42)10-12-37-30(35)36/h6-9,14-19,23,38,42H,3-5,10-13,34H2,1-2H3,(H4,35,36,37)(H,39,40,43)/t18-,19-,23-/m0/s1. The number of nitrogens with one attached hydrogen (secondary N) is 4. The van der Waals surface area contributed by atoms with Gasteiger partial charge in [-0.2, -0.15) is 4.98 Å². The van der Waals surface area contributed by atoms with Crippen molar-refractivity contribution in [2.45, 2.75) is 64.1 Å². The number of hydrogen-bond acceptors (Lipinski definition) is 6. The van der Waals surface area contributed by atoms with Gasteiger partial charge in [0.05, 0.1) is 16.4 Å². The van der Waals surface area contributed by atoms with E-state index >= 15 is 4.39 Å². The fraction of sp³-hybridized carbons (Fsp3) is 0.387. The van der Waals surface area contributed by atoms with Crippen LogP contribution in [-0.4, -0.2) is 50.8 Å². The van der Waals surface area contributed by atoms with Gasteiger partial charge in [0.1, 0.15) is 5.65 Å². The van der Waals surface area contributed by atoms with Crippen LogP contribution in [0, 0.1) is 11.2 Å². The average molecular weight is 611 g/mol. The summed E-state index contributed by atoms with van der Waals surface area (Å²) in [5.74, 6) is -0.617. The van der Waals surface area contributed by atoms with E-state index in [0.717, 1.165) is 30.4 Å². The minimum Gasteiger partial charge on any atom is -0.396 e. The largest absolute Gasteiger partial charge is 0.396 e. The van der Waals surface area contributed by atoms with Crippen LogP contribution < -0.4 is 27.8 Å². The number of nitrogens with zero attached hydrogens (tertiary/aromatic N) is 2. The Labute approximate surface area is 255 Å². The van der Waals surface area contributed by atoms with Gasteiger partial charge in [0, 0.05) is 48.4 Å². The van der Waals surface area contributed by atoms with E-state index in [2.05, 4.69) is 20.6 Å². The quantitative estimate of drug-likeness (QED) is 0.0831. The number of guanidine groups is 1. The van der Waals surface area contributed by atoms with Gasteiger partial charge in [0.2, 0.25) is 0 Å². The molecule has 0 unspecified atom stereocenters. The number of H-pyrrole nitrogens is 1. The molecule has 0 saturated carbocycles. The summed E-state index contributed by atoms with van der Waals surface area (Å²) < 4.78 is 16.6. The summed E-state index contributed by atoms with van der Waals surface area (Å²) in [5, 5.41) is 23.7. The molecule has 9 N–H and O–H groups in total. The number of aliphatic hydroxyl groups is 1. The van der Waals surface area contributed by atoms with Gasteiger partial charge in [-0.1, -0.05) is 23.7 Å². The van der Waals surface area contributed by atoms with Crippen molar-refractivity contribution in [2.75, 3.05) is 13.2 Å². The molecule has 2 heterocycles. The average Bonchev–Trinajstić information content (AvgIpc) is 3.36. The SMILES string of the molecule is C[C@H](N)CCCc1cc(Cl)c(F)c(-c2cc3cn(-c4ccc([C@H](C)N[C@H](CCO)CCNC(=N)N)cc4)c(=O)nc3[nH]2)c1. The topological polar surface area (TPSA) is 171 Å². The first-order valence-electron chi connectivity index (χ1n) is 14.5. The van der Waals surface area contributed by atoms with Crippen LogP contribution in [0.2, 0.25) is 5.02 Å². The van der Waals surface area contributed by atoms with Crippen LogP contribution in [0.4, 0.5) is 4.39 Å². The van der Waals surface area contributed by atoms with Crippen LogP contribution in [0.25, 0.3) is 28.0 Å². The highest BCUT2D eigenvalue weighted by molar-refractivity contribution is 6.31. The highest BCUT2D eigenvalue weighted by Crippen LogP contribution is 2.31. The smallest absolute Gasteiger partial charge is 0.354 e. The van der Waals surface area contributed by atoms with Crippen LogP contribution in [0.3, 0.4) is 0 Å². The van der Waals surface area contributed by atoms with Crippen molar-refractivity contribution in [1.29, 1.82) is 5.41 Å². The number of rotatable bonds is 14. The predicted molar refractivity (Wildman–Crippen MR) is 170 cm³/mol. The maximum atomic E-state index is 15.1. The zero-order valence-electron chi connectivity index (χ0n) is 24.5. The molecule has 230 valence electrons. The fourth-order valence-corrected chi connectivity index (χ4v) is 5.40. The predicted octanol–water partition coefficient (Wildman–Crippen LogP) is 4.12. The van der Waals surface area contributed by atoms with Gasteiger partial charge in [-0.05, 0) is 87.4 Å². The lowest BCUT2D eigenvalue weighted by Gasteiger charge is -2.23. The molecule has 4 aromatic rings. The Morgan fingerprint density at radius 3 is 2.60 bits per heavy atom.